The summed E-state index contributed by atoms with van der Waals surface area (Å²) in [7, 11) is 0. The Bertz CT molecular complexity index is 758. The van der Waals surface area contributed by atoms with Crippen LogP contribution in [0.3, 0.4) is 0 Å². The Morgan fingerprint density at radius 3 is 2.64 bits per heavy atom. The quantitative estimate of drug-likeness (QED) is 0.787. The van der Waals surface area contributed by atoms with E-state index < -0.39 is 11.6 Å². The van der Waals surface area contributed by atoms with Gasteiger partial charge in [0.25, 0.3) is 0 Å². The standard InChI is InChI=1S/C15H13F2N5/c16-12-7-6-11(14(17)10-12)8-9-18-15-19-20-21-22(15)13-4-2-1-3-5-13/h1-7,10H,8-9H2,(H,18,19,21). The van der Waals surface area contributed by atoms with Crippen molar-refractivity contribution in [2.45, 2.75) is 6.42 Å². The number of nitrogens with one attached hydrogen (secondary N) is 1. The molecule has 3 rings (SSSR count). The molecule has 0 bridgehead atoms. The van der Waals surface area contributed by atoms with E-state index in [1.165, 1.54) is 12.1 Å². The van der Waals surface area contributed by atoms with E-state index in [2.05, 4.69) is 20.8 Å². The van der Waals surface area contributed by atoms with Crippen molar-refractivity contribution in [1.29, 1.82) is 0 Å². The number of anilines is 1. The topological polar surface area (TPSA) is 55.6 Å². The first kappa shape index (κ1) is 14.1. The molecule has 0 unspecified atom stereocenters. The summed E-state index contributed by atoms with van der Waals surface area (Å²) in [4.78, 5) is 0. The van der Waals surface area contributed by atoms with E-state index in [4.69, 9.17) is 0 Å². The van der Waals surface area contributed by atoms with E-state index in [1.807, 2.05) is 30.3 Å². The summed E-state index contributed by atoms with van der Waals surface area (Å²) in [5.74, 6) is -0.666. The van der Waals surface area contributed by atoms with Gasteiger partial charge in [0.1, 0.15) is 11.6 Å². The van der Waals surface area contributed by atoms with Gasteiger partial charge in [-0.1, -0.05) is 29.4 Å². The minimum Gasteiger partial charge on any atom is -0.352 e. The Balaban J connectivity index is 1.67. The number of aromatic nitrogens is 4. The monoisotopic (exact) mass is 301 g/mol. The molecule has 0 aliphatic carbocycles. The lowest BCUT2D eigenvalue weighted by Crippen LogP contribution is -2.11. The van der Waals surface area contributed by atoms with Gasteiger partial charge in [-0.3, -0.25) is 0 Å². The van der Waals surface area contributed by atoms with Gasteiger partial charge in [-0.25, -0.2) is 8.78 Å². The highest BCUT2D eigenvalue weighted by Gasteiger charge is 2.08. The van der Waals surface area contributed by atoms with Gasteiger partial charge in [-0.05, 0) is 40.6 Å². The molecule has 0 atom stereocenters. The number of hydrogen-bond donors (Lipinski definition) is 1. The first-order chi connectivity index (χ1) is 10.7. The Hall–Kier alpha value is -2.83. The van der Waals surface area contributed by atoms with Crippen LogP contribution in [0, 0.1) is 11.6 Å². The van der Waals surface area contributed by atoms with Crippen molar-refractivity contribution < 1.29 is 8.78 Å². The summed E-state index contributed by atoms with van der Waals surface area (Å²) in [6, 6.07) is 13.0. The van der Waals surface area contributed by atoms with Crippen LogP contribution in [0.2, 0.25) is 0 Å². The number of hydrogen-bond acceptors (Lipinski definition) is 4. The molecular weight excluding hydrogens is 288 g/mol. The molecule has 112 valence electrons. The molecule has 2 aromatic carbocycles. The third-order valence-electron chi connectivity index (χ3n) is 3.16. The fourth-order valence-corrected chi connectivity index (χ4v) is 2.07. The zero-order valence-corrected chi connectivity index (χ0v) is 11.6. The molecule has 1 N–H and O–H groups in total. The van der Waals surface area contributed by atoms with Crippen molar-refractivity contribution in [1.82, 2.24) is 20.2 Å². The molecule has 0 spiro atoms. The van der Waals surface area contributed by atoms with Crippen LogP contribution >= 0.6 is 0 Å². The third-order valence-corrected chi connectivity index (χ3v) is 3.16. The molecule has 3 aromatic rings. The molecule has 0 fully saturated rings. The van der Waals surface area contributed by atoms with Gasteiger partial charge in [0.05, 0.1) is 5.69 Å². The molecule has 0 aliphatic heterocycles. The number of benzene rings is 2. The first-order valence-corrected chi connectivity index (χ1v) is 6.75. The van der Waals surface area contributed by atoms with Crippen LogP contribution in [0.1, 0.15) is 5.56 Å². The predicted molar refractivity (Wildman–Crippen MR) is 77.7 cm³/mol. The molecule has 0 amide bonds. The minimum atomic E-state index is -0.581. The average molecular weight is 301 g/mol. The molecule has 0 saturated heterocycles. The Kier molecular flexibility index (Phi) is 4.04. The van der Waals surface area contributed by atoms with Crippen LogP contribution < -0.4 is 5.32 Å². The second-order valence-corrected chi connectivity index (χ2v) is 4.66. The van der Waals surface area contributed by atoms with Crippen LogP contribution in [0.15, 0.2) is 48.5 Å². The van der Waals surface area contributed by atoms with Gasteiger partial charge in [0, 0.05) is 12.6 Å². The third kappa shape index (κ3) is 3.08. The van der Waals surface area contributed by atoms with E-state index in [0.717, 1.165) is 11.8 Å². The largest absolute Gasteiger partial charge is 0.352 e. The minimum absolute atomic E-state index is 0.397. The number of para-hydroxylation sites is 1. The average Bonchev–Trinajstić information content (AvgIpc) is 2.99. The number of rotatable bonds is 5. The summed E-state index contributed by atoms with van der Waals surface area (Å²) in [5, 5.41) is 14.5. The Morgan fingerprint density at radius 2 is 1.86 bits per heavy atom. The van der Waals surface area contributed by atoms with Gasteiger partial charge in [0.15, 0.2) is 0 Å². The lowest BCUT2D eigenvalue weighted by molar-refractivity contribution is 0.572. The van der Waals surface area contributed by atoms with Gasteiger partial charge >= 0.3 is 0 Å². The lowest BCUT2D eigenvalue weighted by atomic mass is 10.1. The van der Waals surface area contributed by atoms with Crippen LogP contribution in [0.5, 0.6) is 0 Å². The smallest absolute Gasteiger partial charge is 0.247 e. The number of nitrogens with zero attached hydrogens (tertiary/aromatic N) is 4. The molecule has 0 aliphatic rings. The zero-order valence-electron chi connectivity index (χ0n) is 11.6. The van der Waals surface area contributed by atoms with E-state index in [-0.39, 0.29) is 0 Å². The molecule has 1 heterocycles. The van der Waals surface area contributed by atoms with Gasteiger partial charge in [0.2, 0.25) is 5.95 Å². The highest BCUT2D eigenvalue weighted by Crippen LogP contribution is 2.12. The fraction of sp³-hybridized carbons (Fsp3) is 0.133. The van der Waals surface area contributed by atoms with Crippen molar-refractivity contribution in [2.75, 3.05) is 11.9 Å². The SMILES string of the molecule is Fc1ccc(CCNc2nnnn2-c2ccccc2)c(F)c1. The van der Waals surface area contributed by atoms with Crippen LogP contribution in [0.4, 0.5) is 14.7 Å². The van der Waals surface area contributed by atoms with Gasteiger partial charge < -0.3 is 5.32 Å². The predicted octanol–water partition coefficient (Wildman–Crippen LogP) is 2.60. The lowest BCUT2D eigenvalue weighted by Gasteiger charge is -2.07. The Morgan fingerprint density at radius 1 is 1.05 bits per heavy atom. The fourth-order valence-electron chi connectivity index (χ4n) is 2.07. The normalized spacial score (nSPS) is 10.6. The zero-order chi connectivity index (χ0) is 15.4. The van der Waals surface area contributed by atoms with E-state index in [1.54, 1.807) is 4.68 Å². The summed E-state index contributed by atoms with van der Waals surface area (Å²) in [6.07, 6.45) is 0.397. The maximum Gasteiger partial charge on any atom is 0.247 e. The molecule has 22 heavy (non-hydrogen) atoms. The molecule has 7 heteroatoms. The number of tetrazole rings is 1. The molecule has 0 saturated carbocycles. The summed E-state index contributed by atoms with van der Waals surface area (Å²) in [5.41, 5.74) is 1.26. The van der Waals surface area contributed by atoms with Crippen molar-refractivity contribution in [3.8, 4) is 5.69 Å². The highest BCUT2D eigenvalue weighted by atomic mass is 19.1. The Labute approximate surface area is 125 Å². The molecule has 1 aromatic heterocycles. The molecule has 0 radical (unpaired) electrons. The van der Waals surface area contributed by atoms with E-state index >= 15 is 0 Å². The van der Waals surface area contributed by atoms with Gasteiger partial charge in [-0.2, -0.15) is 4.68 Å². The van der Waals surface area contributed by atoms with Gasteiger partial charge in [-0.15, -0.1) is 0 Å². The second-order valence-electron chi connectivity index (χ2n) is 4.66. The van der Waals surface area contributed by atoms with Crippen LogP contribution in [-0.4, -0.2) is 26.8 Å². The maximum atomic E-state index is 13.5. The molecular formula is C15H13F2N5. The summed E-state index contributed by atoms with van der Waals surface area (Å²) < 4.78 is 28.0. The second kappa shape index (κ2) is 6.30. The number of halogens is 2. The van der Waals surface area contributed by atoms with E-state index in [9.17, 15) is 8.78 Å². The maximum absolute atomic E-state index is 13.5. The van der Waals surface area contributed by atoms with E-state index in [0.29, 0.717) is 24.5 Å². The first-order valence-electron chi connectivity index (χ1n) is 6.75. The van der Waals surface area contributed by atoms with Crippen molar-refractivity contribution in [3.63, 3.8) is 0 Å². The van der Waals surface area contributed by atoms with Crippen molar-refractivity contribution in [2.24, 2.45) is 0 Å². The molecule has 5 nitrogen and oxygen atoms in total. The van der Waals surface area contributed by atoms with Crippen LogP contribution in [-0.2, 0) is 6.42 Å². The summed E-state index contributed by atoms with van der Waals surface area (Å²) in [6.45, 7) is 0.426. The highest BCUT2D eigenvalue weighted by molar-refractivity contribution is 5.38. The van der Waals surface area contributed by atoms with Crippen molar-refractivity contribution >= 4 is 5.95 Å². The van der Waals surface area contributed by atoms with Crippen LogP contribution in [0.25, 0.3) is 5.69 Å². The summed E-state index contributed by atoms with van der Waals surface area (Å²) >= 11 is 0. The van der Waals surface area contributed by atoms with Crippen molar-refractivity contribution in [3.05, 3.63) is 65.7 Å².